The van der Waals surface area contributed by atoms with Gasteiger partial charge in [0.2, 0.25) is 0 Å². The van der Waals surface area contributed by atoms with Crippen molar-refractivity contribution < 1.29 is 73.8 Å². The lowest BCUT2D eigenvalue weighted by Crippen LogP contribution is -2.61. The molecule has 2 aliphatic rings. The molecule has 5 unspecified atom stereocenters. The first kappa shape index (κ1) is 51.1. The molecule has 2 heterocycles. The van der Waals surface area contributed by atoms with Gasteiger partial charge in [0.15, 0.2) is 18.7 Å². The van der Waals surface area contributed by atoms with Crippen molar-refractivity contribution in [2.45, 2.75) is 158 Å². The predicted molar refractivity (Wildman–Crippen MR) is 215 cm³/mol. The van der Waals surface area contributed by atoms with E-state index >= 15 is 0 Å². The highest BCUT2D eigenvalue weighted by atomic mass is 16.7. The van der Waals surface area contributed by atoms with Crippen LogP contribution in [-0.4, -0.2) is 142 Å². The van der Waals surface area contributed by atoms with E-state index in [2.05, 4.69) is 32.1 Å². The van der Waals surface area contributed by atoms with Crippen molar-refractivity contribution >= 4 is 11.9 Å². The minimum atomic E-state index is -1.78. The summed E-state index contributed by atoms with van der Waals surface area (Å²) in [6.07, 6.45) is 15.6. The summed E-state index contributed by atoms with van der Waals surface area (Å²) in [5, 5.41) is 71.6. The van der Waals surface area contributed by atoms with Crippen LogP contribution in [0.5, 0.6) is 0 Å². The molecule has 2 aliphatic heterocycles. The Bertz CT molecular complexity index is 1290. The van der Waals surface area contributed by atoms with Crippen LogP contribution in [0, 0.1) is 0 Å². The normalized spacial score (nSPS) is 28.8. The van der Waals surface area contributed by atoms with Crippen LogP contribution in [0.25, 0.3) is 0 Å². The second kappa shape index (κ2) is 30.9. The lowest BCUT2D eigenvalue weighted by Gasteiger charge is -2.42. The lowest BCUT2D eigenvalue weighted by molar-refractivity contribution is -0.332. The zero-order valence-corrected chi connectivity index (χ0v) is 34.0. The molecule has 11 atom stereocenters. The maximum absolute atomic E-state index is 12.8. The number of hydrogen-bond acceptors (Lipinski definition) is 15. The number of aliphatic hydroxyl groups excluding tert-OH is 7. The SMILES string of the molecule is CC/C=C/C=C/C=C/C=C/C=C/CCCC(=O)OC(COC(=O)CCC/C=C/CCCCCC)CO[C@@H]1O[C@H](CO[C@@H]2O[C@H](CO)[C@H](O)C(O)C2O)[C@H](O)C(O)C1O. The van der Waals surface area contributed by atoms with Crippen LogP contribution in [0.1, 0.15) is 90.9 Å². The Morgan fingerprint density at radius 1 is 0.569 bits per heavy atom. The van der Waals surface area contributed by atoms with Crippen LogP contribution in [0.2, 0.25) is 0 Å². The molecule has 15 nitrogen and oxygen atoms in total. The van der Waals surface area contributed by atoms with Crippen molar-refractivity contribution in [1.29, 1.82) is 0 Å². The minimum absolute atomic E-state index is 0.0596. The molecule has 0 saturated carbocycles. The van der Waals surface area contributed by atoms with Gasteiger partial charge in [0.25, 0.3) is 0 Å². The molecule has 0 aromatic carbocycles. The van der Waals surface area contributed by atoms with Crippen molar-refractivity contribution in [3.63, 3.8) is 0 Å². The highest BCUT2D eigenvalue weighted by molar-refractivity contribution is 5.70. The first-order chi connectivity index (χ1) is 28.0. The van der Waals surface area contributed by atoms with Gasteiger partial charge in [-0.15, -0.1) is 0 Å². The number of esters is 2. The molecule has 58 heavy (non-hydrogen) atoms. The number of unbranched alkanes of at least 4 members (excludes halogenated alkanes) is 6. The molecule has 2 saturated heterocycles. The Balaban J connectivity index is 1.95. The van der Waals surface area contributed by atoms with Gasteiger partial charge in [0, 0.05) is 12.8 Å². The molecule has 0 aromatic rings. The molecule has 15 heteroatoms. The molecular weight excluding hydrogens is 756 g/mol. The average Bonchev–Trinajstić information content (AvgIpc) is 3.21. The first-order valence-corrected chi connectivity index (χ1v) is 20.6. The standard InChI is InChI=1S/C43H68O15/c1-3-5-7-9-11-13-14-15-16-18-20-22-24-26-35(46)56-31(28-53-34(45)25-23-21-19-17-12-10-8-6-4-2)29-54-42-41(52)39(50)37(48)33(58-42)30-55-43-40(51)38(49)36(47)32(27-44)57-43/h5,7,9,11,13-20,31-33,36-44,47-52H,3-4,6,8,10,12,21-30H2,1-2H3/b7-5+,11-9+,14-13+,16-15+,19-17+,20-18+/t31?,32-,33-,36+,37+,38?,39?,40?,41?,42-,43-/m1/s1. The Labute approximate surface area is 342 Å². The number of hydrogen-bond donors (Lipinski definition) is 7. The maximum Gasteiger partial charge on any atom is 0.306 e. The number of carbonyl (C=O) groups is 2. The van der Waals surface area contributed by atoms with E-state index < -0.39 is 99.3 Å². The van der Waals surface area contributed by atoms with Gasteiger partial charge in [0.05, 0.1) is 19.8 Å². The van der Waals surface area contributed by atoms with E-state index in [1.54, 1.807) is 0 Å². The van der Waals surface area contributed by atoms with Gasteiger partial charge in [-0.3, -0.25) is 9.59 Å². The van der Waals surface area contributed by atoms with Gasteiger partial charge in [-0.25, -0.2) is 0 Å². The molecule has 0 aromatic heterocycles. The largest absolute Gasteiger partial charge is 0.462 e. The molecule has 7 N–H and O–H groups in total. The summed E-state index contributed by atoms with van der Waals surface area (Å²) in [4.78, 5) is 25.4. The summed E-state index contributed by atoms with van der Waals surface area (Å²) in [6, 6.07) is 0. The zero-order chi connectivity index (χ0) is 42.5. The maximum atomic E-state index is 12.8. The van der Waals surface area contributed by atoms with Gasteiger partial charge < -0.3 is 64.2 Å². The van der Waals surface area contributed by atoms with Crippen LogP contribution in [-0.2, 0) is 38.0 Å². The lowest BCUT2D eigenvalue weighted by atomic mass is 9.98. The molecule has 2 rings (SSSR count). The summed E-state index contributed by atoms with van der Waals surface area (Å²) >= 11 is 0. The van der Waals surface area contributed by atoms with Crippen LogP contribution < -0.4 is 0 Å². The van der Waals surface area contributed by atoms with Crippen LogP contribution in [0.4, 0.5) is 0 Å². The first-order valence-electron chi connectivity index (χ1n) is 20.6. The third-order valence-corrected chi connectivity index (χ3v) is 9.30. The van der Waals surface area contributed by atoms with Gasteiger partial charge >= 0.3 is 11.9 Å². The minimum Gasteiger partial charge on any atom is -0.462 e. The fourth-order valence-corrected chi connectivity index (χ4v) is 5.84. The van der Waals surface area contributed by atoms with Gasteiger partial charge in [-0.2, -0.15) is 0 Å². The van der Waals surface area contributed by atoms with E-state index in [0.717, 1.165) is 19.3 Å². The summed E-state index contributed by atoms with van der Waals surface area (Å²) in [6.45, 7) is 2.23. The third kappa shape index (κ3) is 20.3. The highest BCUT2D eigenvalue weighted by Crippen LogP contribution is 2.26. The molecule has 0 amide bonds. The van der Waals surface area contributed by atoms with E-state index in [9.17, 15) is 45.3 Å². The molecule has 0 aliphatic carbocycles. The predicted octanol–water partition coefficient (Wildman–Crippen LogP) is 3.14. The van der Waals surface area contributed by atoms with Crippen molar-refractivity contribution in [2.75, 3.05) is 26.4 Å². The number of ether oxygens (including phenoxy) is 6. The van der Waals surface area contributed by atoms with Crippen molar-refractivity contribution in [3.05, 3.63) is 72.9 Å². The van der Waals surface area contributed by atoms with E-state index in [1.165, 1.54) is 19.3 Å². The zero-order valence-electron chi connectivity index (χ0n) is 34.0. The van der Waals surface area contributed by atoms with Crippen LogP contribution in [0.15, 0.2) is 72.9 Å². The monoisotopic (exact) mass is 824 g/mol. The smallest absolute Gasteiger partial charge is 0.306 e. The fraction of sp³-hybridized carbons (Fsp3) is 0.674. The summed E-state index contributed by atoms with van der Waals surface area (Å²) < 4.78 is 33.2. The highest BCUT2D eigenvalue weighted by Gasteiger charge is 2.47. The Hall–Kier alpha value is -3.06. The Morgan fingerprint density at radius 2 is 1.10 bits per heavy atom. The molecule has 2 fully saturated rings. The molecule has 0 bridgehead atoms. The molecule has 0 spiro atoms. The van der Waals surface area contributed by atoms with E-state index in [1.807, 2.05) is 54.7 Å². The van der Waals surface area contributed by atoms with Crippen LogP contribution >= 0.6 is 0 Å². The van der Waals surface area contributed by atoms with E-state index in [-0.39, 0.29) is 19.4 Å². The van der Waals surface area contributed by atoms with Crippen LogP contribution in [0.3, 0.4) is 0 Å². The number of allylic oxidation sites excluding steroid dienone is 12. The fourth-order valence-electron chi connectivity index (χ4n) is 5.84. The van der Waals surface area contributed by atoms with Crippen molar-refractivity contribution in [2.24, 2.45) is 0 Å². The Kier molecular flexibility index (Phi) is 27.2. The van der Waals surface area contributed by atoms with E-state index in [4.69, 9.17) is 28.4 Å². The van der Waals surface area contributed by atoms with Crippen molar-refractivity contribution in [1.82, 2.24) is 0 Å². The topological polar surface area (TPSA) is 231 Å². The molecule has 330 valence electrons. The number of aliphatic hydroxyl groups is 7. The Morgan fingerprint density at radius 3 is 1.72 bits per heavy atom. The van der Waals surface area contributed by atoms with Gasteiger partial charge in [-0.1, -0.05) is 106 Å². The summed E-state index contributed by atoms with van der Waals surface area (Å²) in [5.74, 6) is -1.07. The average molecular weight is 825 g/mol. The molecular formula is C43H68O15. The quantitative estimate of drug-likeness (QED) is 0.0260. The second-order valence-corrected chi connectivity index (χ2v) is 14.2. The van der Waals surface area contributed by atoms with Crippen molar-refractivity contribution in [3.8, 4) is 0 Å². The molecule has 0 radical (unpaired) electrons. The second-order valence-electron chi connectivity index (χ2n) is 14.2. The van der Waals surface area contributed by atoms with Gasteiger partial charge in [0.1, 0.15) is 55.4 Å². The summed E-state index contributed by atoms with van der Waals surface area (Å²) in [5.41, 5.74) is 0. The number of rotatable bonds is 28. The number of carbonyl (C=O) groups excluding carboxylic acids is 2. The van der Waals surface area contributed by atoms with Gasteiger partial charge in [-0.05, 0) is 44.9 Å². The third-order valence-electron chi connectivity index (χ3n) is 9.30. The van der Waals surface area contributed by atoms with E-state index in [0.29, 0.717) is 25.7 Å². The summed E-state index contributed by atoms with van der Waals surface area (Å²) in [7, 11) is 0.